The molecule has 0 fully saturated rings. The Balaban J connectivity index is 2.45. The van der Waals surface area contributed by atoms with Gasteiger partial charge in [0.05, 0.1) is 11.1 Å². The highest BCUT2D eigenvalue weighted by Gasteiger charge is 2.14. The highest BCUT2D eigenvalue weighted by Crippen LogP contribution is 2.24. The summed E-state index contributed by atoms with van der Waals surface area (Å²) in [6.07, 6.45) is 0.935. The average molecular weight is 244 g/mol. The molecule has 0 spiro atoms. The normalized spacial score (nSPS) is 12.7. The van der Waals surface area contributed by atoms with Crippen molar-refractivity contribution in [3.05, 3.63) is 35.0 Å². The fraction of sp³-hybridized carbons (Fsp3) is 0.400. The molecule has 0 saturated heterocycles. The lowest BCUT2D eigenvalue weighted by atomic mass is 10.1. The first kappa shape index (κ1) is 12.7. The number of aromatic amines is 1. The summed E-state index contributed by atoms with van der Waals surface area (Å²) in [4.78, 5) is 15.5. The average Bonchev–Trinajstić information content (AvgIpc) is 2.65. The van der Waals surface area contributed by atoms with Gasteiger partial charge in [0.15, 0.2) is 0 Å². The van der Waals surface area contributed by atoms with E-state index in [0.29, 0.717) is 0 Å². The van der Waals surface area contributed by atoms with Gasteiger partial charge in [-0.2, -0.15) is 0 Å². The van der Waals surface area contributed by atoms with E-state index in [1.165, 1.54) is 5.56 Å². The van der Waals surface area contributed by atoms with E-state index in [0.717, 1.165) is 28.6 Å². The van der Waals surface area contributed by atoms with Gasteiger partial charge in [-0.1, -0.05) is 19.1 Å². The van der Waals surface area contributed by atoms with Gasteiger partial charge in [-0.15, -0.1) is 0 Å². The van der Waals surface area contributed by atoms with Crippen molar-refractivity contribution in [2.24, 2.45) is 0 Å². The van der Waals surface area contributed by atoms with Crippen LogP contribution < -0.4 is 5.32 Å². The molecular weight excluding hydrogens is 224 g/mol. The quantitative estimate of drug-likeness (QED) is 0.854. The maximum Gasteiger partial charge on any atom is 0.253 e. The van der Waals surface area contributed by atoms with Crippen LogP contribution >= 0.6 is 0 Å². The van der Waals surface area contributed by atoms with Crippen LogP contribution in [0.2, 0.25) is 0 Å². The Morgan fingerprint density at radius 1 is 1.39 bits per heavy atom. The molecule has 96 valence electrons. The van der Waals surface area contributed by atoms with Crippen LogP contribution in [0.1, 0.15) is 41.9 Å². The van der Waals surface area contributed by atoms with Gasteiger partial charge in [-0.05, 0) is 38.8 Å². The summed E-state index contributed by atoms with van der Waals surface area (Å²) in [6, 6.07) is 6.06. The lowest BCUT2D eigenvalue weighted by Gasteiger charge is -2.11. The standard InChI is InChI=1S/C15H20N2O/c1-5-9(2)16-15(18)13-8-6-7-12-10(3)11(4)17-14(12)13/h6-9,17H,5H2,1-4H3,(H,16,18)/t9-/m0/s1. The number of aryl methyl sites for hydroxylation is 2. The molecule has 0 aliphatic rings. The zero-order valence-corrected chi connectivity index (χ0v) is 11.4. The fourth-order valence-corrected chi connectivity index (χ4v) is 2.08. The van der Waals surface area contributed by atoms with Gasteiger partial charge in [0, 0.05) is 17.1 Å². The number of nitrogens with one attached hydrogen (secondary N) is 2. The predicted molar refractivity (Wildman–Crippen MR) is 75.0 cm³/mol. The third-order valence-electron chi connectivity index (χ3n) is 3.58. The van der Waals surface area contributed by atoms with Crippen LogP contribution in [0.25, 0.3) is 10.9 Å². The summed E-state index contributed by atoms with van der Waals surface area (Å²) in [6.45, 7) is 8.19. The van der Waals surface area contributed by atoms with E-state index in [1.54, 1.807) is 0 Å². The van der Waals surface area contributed by atoms with Crippen LogP contribution in [0.15, 0.2) is 18.2 Å². The molecule has 0 saturated carbocycles. The SMILES string of the molecule is CC[C@H](C)NC(=O)c1cccc2c(C)c(C)[nH]c12. The highest BCUT2D eigenvalue weighted by atomic mass is 16.1. The Bertz CT molecular complexity index is 583. The molecule has 0 radical (unpaired) electrons. The summed E-state index contributed by atoms with van der Waals surface area (Å²) in [5.41, 5.74) is 3.99. The Hall–Kier alpha value is -1.77. The molecule has 2 N–H and O–H groups in total. The van der Waals surface area contributed by atoms with E-state index >= 15 is 0 Å². The molecule has 3 nitrogen and oxygen atoms in total. The van der Waals surface area contributed by atoms with Crippen LogP contribution in [0, 0.1) is 13.8 Å². The zero-order chi connectivity index (χ0) is 13.3. The minimum Gasteiger partial charge on any atom is -0.358 e. The number of benzene rings is 1. The first-order chi connectivity index (χ1) is 8.54. The fourth-order valence-electron chi connectivity index (χ4n) is 2.08. The van der Waals surface area contributed by atoms with Crippen molar-refractivity contribution in [1.29, 1.82) is 0 Å². The number of para-hydroxylation sites is 1. The third-order valence-corrected chi connectivity index (χ3v) is 3.58. The van der Waals surface area contributed by atoms with Crippen LogP contribution in [0.3, 0.4) is 0 Å². The third kappa shape index (κ3) is 2.13. The number of amides is 1. The van der Waals surface area contributed by atoms with E-state index < -0.39 is 0 Å². The van der Waals surface area contributed by atoms with Gasteiger partial charge in [0.25, 0.3) is 5.91 Å². The van der Waals surface area contributed by atoms with E-state index in [9.17, 15) is 4.79 Å². The van der Waals surface area contributed by atoms with Crippen molar-refractivity contribution in [3.63, 3.8) is 0 Å². The minimum absolute atomic E-state index is 0.00352. The van der Waals surface area contributed by atoms with Gasteiger partial charge in [0.2, 0.25) is 0 Å². The van der Waals surface area contributed by atoms with Gasteiger partial charge in [0.1, 0.15) is 0 Å². The van der Waals surface area contributed by atoms with Crippen molar-refractivity contribution in [2.45, 2.75) is 40.2 Å². The summed E-state index contributed by atoms with van der Waals surface area (Å²) in [5, 5.41) is 4.14. The number of fused-ring (bicyclic) bond motifs is 1. The summed E-state index contributed by atoms with van der Waals surface area (Å²) in [7, 11) is 0. The molecule has 3 heteroatoms. The van der Waals surface area contributed by atoms with Crippen molar-refractivity contribution in [2.75, 3.05) is 0 Å². The molecule has 0 unspecified atom stereocenters. The first-order valence-electron chi connectivity index (χ1n) is 6.43. The van der Waals surface area contributed by atoms with Gasteiger partial charge in [-0.3, -0.25) is 4.79 Å². The lowest BCUT2D eigenvalue weighted by molar-refractivity contribution is 0.0941. The maximum absolute atomic E-state index is 12.2. The van der Waals surface area contributed by atoms with E-state index in [2.05, 4.69) is 24.1 Å². The molecule has 0 aliphatic heterocycles. The molecule has 1 heterocycles. The highest BCUT2D eigenvalue weighted by molar-refractivity contribution is 6.06. The number of carbonyl (C=O) groups excluding carboxylic acids is 1. The smallest absolute Gasteiger partial charge is 0.253 e. The molecular formula is C15H20N2O. The molecule has 1 aromatic heterocycles. The van der Waals surface area contributed by atoms with Crippen LogP contribution in [0.4, 0.5) is 0 Å². The van der Waals surface area contributed by atoms with Crippen molar-refractivity contribution in [3.8, 4) is 0 Å². The molecule has 2 rings (SSSR count). The molecule has 1 amide bonds. The second kappa shape index (κ2) is 4.84. The predicted octanol–water partition coefficient (Wildman–Crippen LogP) is 3.31. The molecule has 0 aliphatic carbocycles. The first-order valence-corrected chi connectivity index (χ1v) is 6.43. The monoisotopic (exact) mass is 244 g/mol. The number of hydrogen-bond donors (Lipinski definition) is 2. The minimum atomic E-state index is -0.00352. The Kier molecular flexibility index (Phi) is 3.41. The van der Waals surface area contributed by atoms with Crippen molar-refractivity contribution in [1.82, 2.24) is 10.3 Å². The van der Waals surface area contributed by atoms with Crippen molar-refractivity contribution < 1.29 is 4.79 Å². The number of rotatable bonds is 3. The summed E-state index contributed by atoms with van der Waals surface area (Å²) in [5.74, 6) is -0.00352. The molecule has 1 atom stereocenters. The van der Waals surface area contributed by atoms with Crippen LogP contribution in [-0.4, -0.2) is 16.9 Å². The molecule has 1 aromatic carbocycles. The van der Waals surface area contributed by atoms with Gasteiger partial charge >= 0.3 is 0 Å². The van der Waals surface area contributed by atoms with Gasteiger partial charge in [-0.25, -0.2) is 0 Å². The second-order valence-corrected chi connectivity index (χ2v) is 4.89. The largest absolute Gasteiger partial charge is 0.358 e. The van der Waals surface area contributed by atoms with Crippen LogP contribution in [0.5, 0.6) is 0 Å². The Labute approximate surface area is 108 Å². The summed E-state index contributed by atoms with van der Waals surface area (Å²) < 4.78 is 0. The maximum atomic E-state index is 12.2. The second-order valence-electron chi connectivity index (χ2n) is 4.89. The number of aromatic nitrogens is 1. The number of hydrogen-bond acceptors (Lipinski definition) is 1. The Morgan fingerprint density at radius 2 is 2.11 bits per heavy atom. The topological polar surface area (TPSA) is 44.9 Å². The number of H-pyrrole nitrogens is 1. The molecule has 0 bridgehead atoms. The summed E-state index contributed by atoms with van der Waals surface area (Å²) >= 11 is 0. The number of carbonyl (C=O) groups is 1. The van der Waals surface area contributed by atoms with E-state index in [1.807, 2.05) is 32.0 Å². The van der Waals surface area contributed by atoms with E-state index in [-0.39, 0.29) is 11.9 Å². The zero-order valence-electron chi connectivity index (χ0n) is 11.4. The van der Waals surface area contributed by atoms with Crippen molar-refractivity contribution >= 4 is 16.8 Å². The molecule has 2 aromatic rings. The van der Waals surface area contributed by atoms with Gasteiger partial charge < -0.3 is 10.3 Å². The lowest BCUT2D eigenvalue weighted by Crippen LogP contribution is -2.32. The van der Waals surface area contributed by atoms with Crippen LogP contribution in [-0.2, 0) is 0 Å². The Morgan fingerprint density at radius 3 is 2.78 bits per heavy atom. The van der Waals surface area contributed by atoms with E-state index in [4.69, 9.17) is 0 Å². The molecule has 18 heavy (non-hydrogen) atoms.